The molecule has 4 heteroatoms. The highest BCUT2D eigenvalue weighted by Gasteiger charge is 2.02. The van der Waals surface area contributed by atoms with Gasteiger partial charge < -0.3 is 9.47 Å². The fourth-order valence-electron chi connectivity index (χ4n) is 3.55. The number of esters is 2. The number of ether oxygens (including phenoxy) is 2. The maximum absolute atomic E-state index is 11.8. The molecule has 0 aromatic carbocycles. The van der Waals surface area contributed by atoms with E-state index in [4.69, 9.17) is 11.2 Å². The van der Waals surface area contributed by atoms with E-state index in [1.807, 2.05) is 0 Å². The summed E-state index contributed by atoms with van der Waals surface area (Å²) in [5, 5.41) is 0. The van der Waals surface area contributed by atoms with Gasteiger partial charge in [-0.3, -0.25) is 4.79 Å². The van der Waals surface area contributed by atoms with Crippen molar-refractivity contribution in [3.05, 3.63) is 0 Å². The third-order valence-electron chi connectivity index (χ3n) is 5.54. The number of hydrogen-bond acceptors (Lipinski definition) is 4. The Kier molecular flexibility index (Phi) is 23.8. The molecular weight excluding hydrogens is 400 g/mol. The van der Waals surface area contributed by atoms with Crippen molar-refractivity contribution in [1.82, 2.24) is 0 Å². The molecular formula is C28H46O4. The van der Waals surface area contributed by atoms with Crippen molar-refractivity contribution in [3.63, 3.8) is 0 Å². The summed E-state index contributed by atoms with van der Waals surface area (Å²) in [7, 11) is 1.35. The molecule has 0 aromatic heterocycles. The lowest BCUT2D eigenvalue weighted by atomic mass is 10.1. The van der Waals surface area contributed by atoms with Crippen LogP contribution in [-0.4, -0.2) is 25.7 Å². The minimum Gasteiger partial charge on any atom is -0.466 e. The van der Waals surface area contributed by atoms with Crippen LogP contribution in [0.4, 0.5) is 0 Å². The predicted octanol–water partition coefficient (Wildman–Crippen LogP) is 7.14. The van der Waals surface area contributed by atoms with Crippen LogP contribution in [0.25, 0.3) is 0 Å². The summed E-state index contributed by atoms with van der Waals surface area (Å²) < 4.78 is 9.81. The van der Waals surface area contributed by atoms with Crippen molar-refractivity contribution in [2.45, 2.75) is 128 Å². The summed E-state index contributed by atoms with van der Waals surface area (Å²) in [5.41, 5.74) is 0. The fourth-order valence-corrected chi connectivity index (χ4v) is 3.55. The molecule has 0 fully saturated rings. The normalized spacial score (nSPS) is 10.1. The third kappa shape index (κ3) is 24.3. The summed E-state index contributed by atoms with van der Waals surface area (Å²) in [6.07, 6.45) is 27.5. The molecule has 0 radical (unpaired) electrons. The Morgan fingerprint density at radius 3 is 1.66 bits per heavy atom. The van der Waals surface area contributed by atoms with Crippen molar-refractivity contribution < 1.29 is 19.1 Å². The zero-order chi connectivity index (χ0) is 23.5. The monoisotopic (exact) mass is 446 g/mol. The molecule has 0 bridgehead atoms. The van der Waals surface area contributed by atoms with Crippen LogP contribution < -0.4 is 0 Å². The average molecular weight is 447 g/mol. The molecule has 4 nitrogen and oxygen atoms in total. The van der Waals surface area contributed by atoms with Gasteiger partial charge in [0.15, 0.2) is 0 Å². The van der Waals surface area contributed by atoms with Crippen molar-refractivity contribution in [2.75, 3.05) is 13.7 Å². The molecule has 0 amide bonds. The topological polar surface area (TPSA) is 52.6 Å². The zero-order valence-electron chi connectivity index (χ0n) is 20.6. The largest absolute Gasteiger partial charge is 0.466 e. The molecule has 182 valence electrons. The first-order valence-corrected chi connectivity index (χ1v) is 12.9. The van der Waals surface area contributed by atoms with Crippen LogP contribution in [0.3, 0.4) is 0 Å². The number of carbonyl (C=O) groups is 2. The van der Waals surface area contributed by atoms with Crippen LogP contribution in [0.2, 0.25) is 0 Å². The number of methoxy groups -OCH3 is 1. The van der Waals surface area contributed by atoms with Gasteiger partial charge in [0.05, 0.1) is 13.7 Å². The lowest BCUT2D eigenvalue weighted by molar-refractivity contribution is -0.144. The maximum atomic E-state index is 11.8. The number of unbranched alkanes of at least 4 members (excludes halogenated alkanes) is 17. The molecule has 0 rings (SSSR count). The van der Waals surface area contributed by atoms with Crippen molar-refractivity contribution in [3.8, 4) is 24.2 Å². The van der Waals surface area contributed by atoms with Crippen LogP contribution in [0, 0.1) is 24.2 Å². The number of rotatable bonds is 21. The van der Waals surface area contributed by atoms with Crippen molar-refractivity contribution in [2.24, 2.45) is 0 Å². The van der Waals surface area contributed by atoms with Gasteiger partial charge in [-0.05, 0) is 25.7 Å². The Labute approximate surface area is 197 Å². The van der Waals surface area contributed by atoms with Crippen LogP contribution in [-0.2, 0) is 19.1 Å². The molecule has 0 aliphatic carbocycles. The van der Waals surface area contributed by atoms with Crippen LogP contribution in [0.1, 0.15) is 128 Å². The standard InChI is InChI=1S/C28H46O4/c1-3-4-5-6-7-8-12-16-19-22-25-28(30)32-26-23-20-17-14-11-9-10-13-15-18-21-24-27(29)31-2/h1H,4-20,22-23,25-26H2,2H3. The maximum Gasteiger partial charge on any atom is 0.384 e. The SMILES string of the molecule is C#CCCCCCCCCCCC(=O)OCCCCCCCCCCCC#CC(=O)OC. The third-order valence-corrected chi connectivity index (χ3v) is 5.54. The van der Waals surface area contributed by atoms with E-state index in [2.05, 4.69) is 22.5 Å². The Hall–Kier alpha value is -1.94. The van der Waals surface area contributed by atoms with Gasteiger partial charge in [-0.1, -0.05) is 89.4 Å². The Morgan fingerprint density at radius 2 is 1.12 bits per heavy atom. The van der Waals surface area contributed by atoms with Crippen molar-refractivity contribution in [1.29, 1.82) is 0 Å². The quantitative estimate of drug-likeness (QED) is 0.0813. The van der Waals surface area contributed by atoms with E-state index in [1.54, 1.807) is 0 Å². The molecule has 0 heterocycles. The van der Waals surface area contributed by atoms with E-state index in [0.717, 1.165) is 51.4 Å². The number of carbonyl (C=O) groups excluding carboxylic acids is 2. The minimum atomic E-state index is -0.454. The first kappa shape index (κ1) is 30.1. The van der Waals surface area contributed by atoms with Gasteiger partial charge in [0, 0.05) is 25.2 Å². The molecule has 0 saturated heterocycles. The summed E-state index contributed by atoms with van der Waals surface area (Å²) in [6, 6.07) is 0. The predicted molar refractivity (Wildman–Crippen MR) is 132 cm³/mol. The lowest BCUT2D eigenvalue weighted by Crippen LogP contribution is -2.05. The van der Waals surface area contributed by atoms with Crippen LogP contribution in [0.15, 0.2) is 0 Å². The molecule has 32 heavy (non-hydrogen) atoms. The molecule has 0 unspecified atom stereocenters. The first-order chi connectivity index (χ1) is 15.7. The van der Waals surface area contributed by atoms with E-state index in [-0.39, 0.29) is 5.97 Å². The van der Waals surface area contributed by atoms with Gasteiger partial charge in [-0.15, -0.1) is 12.3 Å². The molecule has 0 saturated carbocycles. The van der Waals surface area contributed by atoms with Gasteiger partial charge in [0.25, 0.3) is 0 Å². The molecule has 0 aliphatic rings. The minimum absolute atomic E-state index is 0.0319. The van der Waals surface area contributed by atoms with Gasteiger partial charge in [-0.25, -0.2) is 4.79 Å². The van der Waals surface area contributed by atoms with Gasteiger partial charge >= 0.3 is 11.9 Å². The summed E-state index contributed by atoms with van der Waals surface area (Å²) >= 11 is 0. The second-order valence-electron chi connectivity index (χ2n) is 8.48. The smallest absolute Gasteiger partial charge is 0.384 e. The van der Waals surface area contributed by atoms with Crippen LogP contribution in [0.5, 0.6) is 0 Å². The molecule has 0 aromatic rings. The van der Waals surface area contributed by atoms with Gasteiger partial charge in [0.1, 0.15) is 0 Å². The summed E-state index contributed by atoms with van der Waals surface area (Å²) in [6.45, 7) is 0.573. The number of hydrogen-bond donors (Lipinski definition) is 0. The van der Waals surface area contributed by atoms with E-state index in [1.165, 1.54) is 77.7 Å². The van der Waals surface area contributed by atoms with E-state index in [0.29, 0.717) is 13.0 Å². The highest BCUT2D eigenvalue weighted by atomic mass is 16.5. The van der Waals surface area contributed by atoms with Gasteiger partial charge in [-0.2, -0.15) is 0 Å². The highest BCUT2D eigenvalue weighted by Crippen LogP contribution is 2.12. The van der Waals surface area contributed by atoms with Crippen LogP contribution >= 0.6 is 0 Å². The molecule has 0 atom stereocenters. The average Bonchev–Trinajstić information content (AvgIpc) is 2.80. The second kappa shape index (κ2) is 25.3. The Morgan fingerprint density at radius 1 is 0.656 bits per heavy atom. The molecule has 0 aliphatic heterocycles. The second-order valence-corrected chi connectivity index (χ2v) is 8.48. The fraction of sp³-hybridized carbons (Fsp3) is 0.786. The van der Waals surface area contributed by atoms with Gasteiger partial charge in [0.2, 0.25) is 0 Å². The van der Waals surface area contributed by atoms with E-state index < -0.39 is 5.97 Å². The van der Waals surface area contributed by atoms with Crippen molar-refractivity contribution >= 4 is 11.9 Å². The summed E-state index contributed by atoms with van der Waals surface area (Å²) in [4.78, 5) is 22.6. The highest BCUT2D eigenvalue weighted by molar-refractivity contribution is 5.88. The Balaban J connectivity index is 3.22. The van der Waals surface area contributed by atoms with E-state index >= 15 is 0 Å². The summed E-state index contributed by atoms with van der Waals surface area (Å²) in [5.74, 6) is 7.49. The molecule has 0 N–H and O–H groups in total. The lowest BCUT2D eigenvalue weighted by Gasteiger charge is -2.05. The Bertz CT molecular complexity index is 550. The molecule has 0 spiro atoms. The zero-order valence-corrected chi connectivity index (χ0v) is 20.6. The number of terminal acetylenes is 1. The van der Waals surface area contributed by atoms with E-state index in [9.17, 15) is 9.59 Å². The first-order valence-electron chi connectivity index (χ1n) is 12.9.